The Hall–Kier alpha value is -0.630. The van der Waals surface area contributed by atoms with Crippen LogP contribution in [0.15, 0.2) is 47.4 Å². The van der Waals surface area contributed by atoms with Crippen molar-refractivity contribution in [2.24, 2.45) is 0 Å². The summed E-state index contributed by atoms with van der Waals surface area (Å²) in [4.78, 5) is 1.24. The predicted octanol–water partition coefficient (Wildman–Crippen LogP) is 5.38. The molecule has 0 saturated carbocycles. The van der Waals surface area contributed by atoms with E-state index in [2.05, 4.69) is 30.5 Å². The lowest BCUT2D eigenvalue weighted by Gasteiger charge is -2.05. The summed E-state index contributed by atoms with van der Waals surface area (Å²) in [7, 11) is 0. The molecule has 0 unspecified atom stereocenters. The van der Waals surface area contributed by atoms with Crippen LogP contribution in [0.4, 0.5) is 0 Å². The van der Waals surface area contributed by atoms with Crippen LogP contribution in [0.25, 0.3) is 11.1 Å². The third-order valence-corrected chi connectivity index (χ3v) is 3.64. The van der Waals surface area contributed by atoms with Crippen LogP contribution in [-0.4, -0.2) is 6.26 Å². The van der Waals surface area contributed by atoms with Gasteiger partial charge in [0.2, 0.25) is 0 Å². The molecular formula is C13H10Cl2S. The van der Waals surface area contributed by atoms with E-state index < -0.39 is 0 Å². The maximum absolute atomic E-state index is 6.14. The summed E-state index contributed by atoms with van der Waals surface area (Å²) in [5.74, 6) is 0. The van der Waals surface area contributed by atoms with Gasteiger partial charge in [-0.25, -0.2) is 0 Å². The number of benzene rings is 2. The molecule has 2 aromatic rings. The van der Waals surface area contributed by atoms with Gasteiger partial charge in [0.25, 0.3) is 0 Å². The molecule has 0 bridgehead atoms. The number of hydrogen-bond donors (Lipinski definition) is 0. The van der Waals surface area contributed by atoms with E-state index in [0.717, 1.165) is 16.1 Å². The van der Waals surface area contributed by atoms with E-state index in [1.165, 1.54) is 4.90 Å². The van der Waals surface area contributed by atoms with Gasteiger partial charge < -0.3 is 0 Å². The van der Waals surface area contributed by atoms with Gasteiger partial charge in [-0.05, 0) is 42.2 Å². The SMILES string of the molecule is CSc1ccc(-c2cc(Cl)ccc2Cl)cc1. The maximum atomic E-state index is 6.14. The maximum Gasteiger partial charge on any atom is 0.0485 e. The molecule has 0 aliphatic rings. The number of rotatable bonds is 2. The van der Waals surface area contributed by atoms with Crippen LogP contribution in [0.3, 0.4) is 0 Å². The Morgan fingerprint density at radius 3 is 2.25 bits per heavy atom. The summed E-state index contributed by atoms with van der Waals surface area (Å²) in [6.07, 6.45) is 2.06. The van der Waals surface area contributed by atoms with Gasteiger partial charge in [0.05, 0.1) is 0 Å². The fourth-order valence-corrected chi connectivity index (χ4v) is 2.30. The van der Waals surface area contributed by atoms with Crippen molar-refractivity contribution in [2.45, 2.75) is 4.90 Å². The van der Waals surface area contributed by atoms with E-state index in [1.54, 1.807) is 17.8 Å². The van der Waals surface area contributed by atoms with Crippen LogP contribution in [0.5, 0.6) is 0 Å². The summed E-state index contributed by atoms with van der Waals surface area (Å²) < 4.78 is 0. The van der Waals surface area contributed by atoms with E-state index in [9.17, 15) is 0 Å². The number of thioether (sulfide) groups is 1. The molecule has 0 saturated heterocycles. The van der Waals surface area contributed by atoms with E-state index in [4.69, 9.17) is 23.2 Å². The molecule has 3 heteroatoms. The highest BCUT2D eigenvalue weighted by molar-refractivity contribution is 7.98. The van der Waals surface area contributed by atoms with Gasteiger partial charge in [0.15, 0.2) is 0 Å². The molecule has 0 heterocycles. The van der Waals surface area contributed by atoms with Crippen LogP contribution >= 0.6 is 35.0 Å². The second kappa shape index (κ2) is 5.13. The van der Waals surface area contributed by atoms with Gasteiger partial charge in [-0.1, -0.05) is 35.3 Å². The first-order valence-electron chi connectivity index (χ1n) is 4.80. The summed E-state index contributed by atoms with van der Waals surface area (Å²) in [5, 5.41) is 1.43. The lowest BCUT2D eigenvalue weighted by molar-refractivity contribution is 1.46. The smallest absolute Gasteiger partial charge is 0.0485 e. The zero-order valence-corrected chi connectivity index (χ0v) is 11.0. The predicted molar refractivity (Wildman–Crippen MR) is 73.7 cm³/mol. The minimum absolute atomic E-state index is 0.702. The summed E-state index contributed by atoms with van der Waals surface area (Å²) in [5.41, 5.74) is 2.06. The average Bonchev–Trinajstić information content (AvgIpc) is 2.32. The third-order valence-electron chi connectivity index (χ3n) is 2.33. The summed E-state index contributed by atoms with van der Waals surface area (Å²) >= 11 is 13.8. The molecule has 0 spiro atoms. The van der Waals surface area contributed by atoms with E-state index >= 15 is 0 Å². The number of hydrogen-bond acceptors (Lipinski definition) is 1. The molecule has 82 valence electrons. The van der Waals surface area contributed by atoms with Crippen molar-refractivity contribution in [3.63, 3.8) is 0 Å². The first-order chi connectivity index (χ1) is 7.70. The first-order valence-corrected chi connectivity index (χ1v) is 6.78. The molecule has 0 atom stereocenters. The van der Waals surface area contributed by atoms with Gasteiger partial charge in [0.1, 0.15) is 0 Å². The Bertz CT molecular complexity index is 492. The van der Waals surface area contributed by atoms with Crippen LogP contribution < -0.4 is 0 Å². The van der Waals surface area contributed by atoms with Gasteiger partial charge in [-0.15, -0.1) is 11.8 Å². The molecule has 0 N–H and O–H groups in total. The highest BCUT2D eigenvalue weighted by Gasteiger charge is 2.04. The van der Waals surface area contributed by atoms with Crippen molar-refractivity contribution in [3.05, 3.63) is 52.5 Å². The quantitative estimate of drug-likeness (QED) is 0.659. The van der Waals surface area contributed by atoms with Crippen molar-refractivity contribution in [1.82, 2.24) is 0 Å². The van der Waals surface area contributed by atoms with E-state index in [0.29, 0.717) is 5.02 Å². The molecular weight excluding hydrogens is 259 g/mol. The van der Waals surface area contributed by atoms with Gasteiger partial charge in [0, 0.05) is 20.5 Å². The fraction of sp³-hybridized carbons (Fsp3) is 0.0769. The minimum Gasteiger partial charge on any atom is -0.130 e. The molecule has 2 rings (SSSR count). The first kappa shape index (κ1) is 11.8. The van der Waals surface area contributed by atoms with Crippen LogP contribution in [-0.2, 0) is 0 Å². The van der Waals surface area contributed by atoms with Crippen LogP contribution in [0.1, 0.15) is 0 Å². The van der Waals surface area contributed by atoms with Crippen LogP contribution in [0.2, 0.25) is 10.0 Å². The summed E-state index contributed by atoms with van der Waals surface area (Å²) in [6.45, 7) is 0. The number of halogens is 2. The molecule has 0 amide bonds. The largest absolute Gasteiger partial charge is 0.130 e. The van der Waals surface area contributed by atoms with Gasteiger partial charge >= 0.3 is 0 Å². The monoisotopic (exact) mass is 268 g/mol. The van der Waals surface area contributed by atoms with E-state index in [1.807, 2.05) is 12.1 Å². The Morgan fingerprint density at radius 1 is 0.938 bits per heavy atom. The Morgan fingerprint density at radius 2 is 1.62 bits per heavy atom. The minimum atomic E-state index is 0.702. The van der Waals surface area contributed by atoms with E-state index in [-0.39, 0.29) is 0 Å². The molecule has 0 nitrogen and oxygen atoms in total. The molecule has 0 aliphatic heterocycles. The Balaban J connectivity index is 2.45. The molecule has 0 radical (unpaired) electrons. The zero-order chi connectivity index (χ0) is 11.5. The third kappa shape index (κ3) is 2.54. The zero-order valence-electron chi connectivity index (χ0n) is 8.71. The topological polar surface area (TPSA) is 0 Å². The standard InChI is InChI=1S/C13H10Cl2S/c1-16-11-5-2-9(3-6-11)12-8-10(14)4-7-13(12)15/h2-8H,1H3. The Kier molecular flexibility index (Phi) is 3.80. The normalized spacial score (nSPS) is 10.4. The average molecular weight is 269 g/mol. The lowest BCUT2D eigenvalue weighted by Crippen LogP contribution is -1.80. The van der Waals surface area contributed by atoms with Crippen molar-refractivity contribution in [2.75, 3.05) is 6.26 Å². The Labute approximate surface area is 110 Å². The second-order valence-corrected chi connectivity index (χ2v) is 5.08. The van der Waals surface area contributed by atoms with Gasteiger partial charge in [-0.2, -0.15) is 0 Å². The van der Waals surface area contributed by atoms with Gasteiger partial charge in [-0.3, -0.25) is 0 Å². The van der Waals surface area contributed by atoms with Crippen molar-refractivity contribution in [3.8, 4) is 11.1 Å². The fourth-order valence-electron chi connectivity index (χ4n) is 1.49. The molecule has 0 fully saturated rings. The lowest BCUT2D eigenvalue weighted by atomic mass is 10.1. The molecule has 0 aromatic heterocycles. The van der Waals surface area contributed by atoms with Crippen molar-refractivity contribution < 1.29 is 0 Å². The second-order valence-electron chi connectivity index (χ2n) is 3.35. The van der Waals surface area contributed by atoms with Crippen molar-refractivity contribution >= 4 is 35.0 Å². The highest BCUT2D eigenvalue weighted by atomic mass is 35.5. The summed E-state index contributed by atoms with van der Waals surface area (Å²) in [6, 6.07) is 13.8. The molecule has 2 aromatic carbocycles. The van der Waals surface area contributed by atoms with Crippen LogP contribution in [0, 0.1) is 0 Å². The highest BCUT2D eigenvalue weighted by Crippen LogP contribution is 2.31. The molecule has 0 aliphatic carbocycles. The van der Waals surface area contributed by atoms with Crippen molar-refractivity contribution in [1.29, 1.82) is 0 Å². The molecule has 16 heavy (non-hydrogen) atoms.